The number of ether oxygens (including phenoxy) is 1. The summed E-state index contributed by atoms with van der Waals surface area (Å²) in [5.41, 5.74) is 4.95. The van der Waals surface area contributed by atoms with E-state index < -0.39 is 0 Å². The summed E-state index contributed by atoms with van der Waals surface area (Å²) in [7, 11) is 0. The van der Waals surface area contributed by atoms with E-state index >= 15 is 0 Å². The predicted molar refractivity (Wildman–Crippen MR) is 127 cm³/mol. The summed E-state index contributed by atoms with van der Waals surface area (Å²) >= 11 is 2.10. The number of nitrogens with one attached hydrogen (secondary N) is 2. The molecular weight excluding hydrogens is 519 g/mol. The minimum atomic E-state index is -0.0164. The molecule has 9 heteroatoms. The van der Waals surface area contributed by atoms with Gasteiger partial charge in [-0.2, -0.15) is 0 Å². The van der Waals surface area contributed by atoms with Crippen molar-refractivity contribution in [1.82, 2.24) is 30.2 Å². The topological polar surface area (TPSA) is 106 Å². The van der Waals surface area contributed by atoms with E-state index in [4.69, 9.17) is 9.72 Å². The van der Waals surface area contributed by atoms with Crippen LogP contribution in [0.3, 0.4) is 0 Å². The molecule has 160 valence electrons. The van der Waals surface area contributed by atoms with Crippen LogP contribution in [0.2, 0.25) is 0 Å². The molecule has 1 amide bonds. The Balaban J connectivity index is 1.26. The molecule has 0 spiro atoms. The number of rotatable bonds is 4. The first-order chi connectivity index (χ1) is 15.6. The molecule has 4 heterocycles. The van der Waals surface area contributed by atoms with Gasteiger partial charge in [-0.3, -0.25) is 4.79 Å². The summed E-state index contributed by atoms with van der Waals surface area (Å²) in [6, 6.07) is 9.87. The van der Waals surface area contributed by atoms with Crippen LogP contribution in [0.15, 0.2) is 42.7 Å². The van der Waals surface area contributed by atoms with Crippen molar-refractivity contribution in [2.45, 2.75) is 31.2 Å². The Morgan fingerprint density at radius 1 is 1.16 bits per heavy atom. The third-order valence-corrected chi connectivity index (χ3v) is 6.33. The summed E-state index contributed by atoms with van der Waals surface area (Å²) in [4.78, 5) is 33.7. The third-order valence-electron chi connectivity index (χ3n) is 5.81. The summed E-state index contributed by atoms with van der Waals surface area (Å²) in [6.45, 7) is 0.525. The van der Waals surface area contributed by atoms with Crippen molar-refractivity contribution in [3.05, 3.63) is 63.5 Å². The number of halogens is 1. The van der Waals surface area contributed by atoms with Crippen LogP contribution >= 0.6 is 22.6 Å². The minimum Gasteiger partial charge on any atom is -0.493 e. The van der Waals surface area contributed by atoms with Crippen molar-refractivity contribution in [2.75, 3.05) is 6.61 Å². The Kier molecular flexibility index (Phi) is 4.78. The number of hydrogen-bond donors (Lipinski definition) is 2. The highest BCUT2D eigenvalue weighted by Crippen LogP contribution is 2.33. The lowest BCUT2D eigenvalue weighted by molar-refractivity contribution is 0.0951. The fourth-order valence-corrected chi connectivity index (χ4v) is 4.38. The number of aromatic nitrogens is 5. The SMILES string of the molecule is O=C(NC1CC1)c1ccc2c(c1)CC(c1nc3ncc(-c4ccnc(I)n4)cc3[nH]1)CO2. The molecule has 32 heavy (non-hydrogen) atoms. The number of hydrogen-bond acceptors (Lipinski definition) is 6. The van der Waals surface area contributed by atoms with E-state index in [9.17, 15) is 4.79 Å². The zero-order valence-corrected chi connectivity index (χ0v) is 19.2. The number of H-pyrrole nitrogens is 1. The smallest absolute Gasteiger partial charge is 0.251 e. The van der Waals surface area contributed by atoms with Gasteiger partial charge in [0.15, 0.2) is 9.48 Å². The standard InChI is InChI=1S/C23H19IN6O2/c24-23-25-6-5-17(29-23)14-9-18-21(26-10-14)30-20(28-18)15-8-13-7-12(1-4-19(13)32-11-15)22(31)27-16-2-3-16/h1,4-7,9-10,15-16H,2-3,8,11H2,(H,27,31)(H,26,28,30). The van der Waals surface area contributed by atoms with E-state index in [2.05, 4.69) is 47.8 Å². The van der Waals surface area contributed by atoms with Gasteiger partial charge in [0.05, 0.1) is 23.7 Å². The van der Waals surface area contributed by atoms with Crippen LogP contribution in [-0.2, 0) is 6.42 Å². The molecule has 3 aromatic heterocycles. The van der Waals surface area contributed by atoms with Crippen LogP contribution in [0.1, 0.15) is 40.5 Å². The molecule has 1 fully saturated rings. The molecule has 1 aliphatic heterocycles. The second-order valence-corrected chi connectivity index (χ2v) is 9.18. The monoisotopic (exact) mass is 538 g/mol. The first-order valence-corrected chi connectivity index (χ1v) is 11.6. The van der Waals surface area contributed by atoms with Gasteiger partial charge in [-0.1, -0.05) is 0 Å². The zero-order valence-electron chi connectivity index (χ0n) is 17.0. The van der Waals surface area contributed by atoms with E-state index in [0.29, 0.717) is 27.7 Å². The minimum absolute atomic E-state index is 0.0164. The molecule has 1 unspecified atom stereocenters. The average Bonchev–Trinajstić information content (AvgIpc) is 3.52. The molecule has 8 nitrogen and oxygen atoms in total. The van der Waals surface area contributed by atoms with E-state index in [1.54, 1.807) is 12.4 Å². The number of imidazole rings is 1. The third kappa shape index (κ3) is 3.81. The number of carbonyl (C=O) groups excluding carboxylic acids is 1. The second kappa shape index (κ2) is 7.80. The molecule has 4 aromatic rings. The molecule has 1 atom stereocenters. The lowest BCUT2D eigenvalue weighted by Crippen LogP contribution is -2.26. The summed E-state index contributed by atoms with van der Waals surface area (Å²) in [6.07, 6.45) is 6.41. The van der Waals surface area contributed by atoms with Gasteiger partial charge in [-0.05, 0) is 55.2 Å². The number of amides is 1. The zero-order chi connectivity index (χ0) is 21.7. The van der Waals surface area contributed by atoms with Gasteiger partial charge in [-0.25, -0.2) is 19.9 Å². The molecule has 2 aliphatic rings. The van der Waals surface area contributed by atoms with Gasteiger partial charge >= 0.3 is 0 Å². The molecule has 0 radical (unpaired) electrons. The largest absolute Gasteiger partial charge is 0.493 e. The fraction of sp³-hybridized carbons (Fsp3) is 0.261. The van der Waals surface area contributed by atoms with Gasteiger partial charge in [0.1, 0.15) is 11.6 Å². The molecule has 0 saturated heterocycles. The molecular formula is C23H19IN6O2. The first-order valence-electron chi connectivity index (χ1n) is 10.5. The second-order valence-electron chi connectivity index (χ2n) is 8.21. The van der Waals surface area contributed by atoms with Crippen molar-refractivity contribution in [3.8, 4) is 17.0 Å². The van der Waals surface area contributed by atoms with E-state index in [0.717, 1.165) is 53.2 Å². The Hall–Kier alpha value is -3.08. The number of carbonyl (C=O) groups is 1. The van der Waals surface area contributed by atoms with Gasteiger partial charge in [0.25, 0.3) is 5.91 Å². The number of fused-ring (bicyclic) bond motifs is 2. The maximum Gasteiger partial charge on any atom is 0.251 e. The normalized spacial score (nSPS) is 17.6. The maximum absolute atomic E-state index is 12.4. The fourth-order valence-electron chi connectivity index (χ4n) is 3.96. The number of aromatic amines is 1. The van der Waals surface area contributed by atoms with Crippen LogP contribution in [0, 0.1) is 3.83 Å². The maximum atomic E-state index is 12.4. The Morgan fingerprint density at radius 2 is 2.06 bits per heavy atom. The van der Waals surface area contributed by atoms with Crippen LogP contribution in [0.25, 0.3) is 22.4 Å². The van der Waals surface area contributed by atoms with Gasteiger partial charge < -0.3 is 15.0 Å². The first kappa shape index (κ1) is 19.6. The lowest BCUT2D eigenvalue weighted by Gasteiger charge is -2.24. The van der Waals surface area contributed by atoms with Crippen molar-refractivity contribution in [2.24, 2.45) is 0 Å². The summed E-state index contributed by atoms with van der Waals surface area (Å²) < 4.78 is 6.68. The molecule has 1 aliphatic carbocycles. The Bertz CT molecular complexity index is 1350. The highest BCUT2D eigenvalue weighted by Gasteiger charge is 2.27. The van der Waals surface area contributed by atoms with Crippen molar-refractivity contribution < 1.29 is 9.53 Å². The van der Waals surface area contributed by atoms with Crippen molar-refractivity contribution >= 4 is 39.7 Å². The number of benzene rings is 1. The molecule has 1 aromatic carbocycles. The highest BCUT2D eigenvalue weighted by atomic mass is 127. The van der Waals surface area contributed by atoms with Gasteiger partial charge in [0.2, 0.25) is 0 Å². The lowest BCUT2D eigenvalue weighted by atomic mass is 9.94. The Labute approximate surface area is 197 Å². The predicted octanol–water partition coefficient (Wildman–Crippen LogP) is 3.63. The van der Waals surface area contributed by atoms with E-state index in [1.165, 1.54) is 0 Å². The van der Waals surface area contributed by atoms with Gasteiger partial charge in [-0.15, -0.1) is 0 Å². The molecule has 2 N–H and O–H groups in total. The molecule has 1 saturated carbocycles. The van der Waals surface area contributed by atoms with E-state index in [1.807, 2.05) is 30.3 Å². The van der Waals surface area contributed by atoms with Crippen molar-refractivity contribution in [3.63, 3.8) is 0 Å². The van der Waals surface area contributed by atoms with Crippen LogP contribution in [-0.4, -0.2) is 43.5 Å². The Morgan fingerprint density at radius 3 is 2.91 bits per heavy atom. The van der Waals surface area contributed by atoms with Crippen LogP contribution < -0.4 is 10.1 Å². The molecule has 6 rings (SSSR count). The molecule has 0 bridgehead atoms. The number of nitrogens with zero attached hydrogens (tertiary/aromatic N) is 4. The summed E-state index contributed by atoms with van der Waals surface area (Å²) in [5.74, 6) is 1.71. The van der Waals surface area contributed by atoms with Crippen LogP contribution in [0.4, 0.5) is 0 Å². The highest BCUT2D eigenvalue weighted by molar-refractivity contribution is 14.1. The average molecular weight is 538 g/mol. The van der Waals surface area contributed by atoms with Crippen molar-refractivity contribution in [1.29, 1.82) is 0 Å². The van der Waals surface area contributed by atoms with Crippen LogP contribution in [0.5, 0.6) is 5.75 Å². The van der Waals surface area contributed by atoms with Gasteiger partial charge in [0, 0.05) is 52.2 Å². The summed E-state index contributed by atoms with van der Waals surface area (Å²) in [5, 5.41) is 3.04. The quantitative estimate of drug-likeness (QED) is 0.304. The number of pyridine rings is 1. The van der Waals surface area contributed by atoms with E-state index in [-0.39, 0.29) is 11.8 Å².